The van der Waals surface area contributed by atoms with Crippen molar-refractivity contribution < 1.29 is 41.7 Å². The average molecular weight is 569 g/mol. The summed E-state index contributed by atoms with van der Waals surface area (Å²) >= 11 is 0. The fourth-order valence-corrected chi connectivity index (χ4v) is 4.88. The summed E-state index contributed by atoms with van der Waals surface area (Å²) in [7, 11) is 0. The van der Waals surface area contributed by atoms with Gasteiger partial charge in [-0.2, -0.15) is 0 Å². The topological polar surface area (TPSA) is 88.1 Å². The standard InChI is InChI=1S/C29H36F4N2O5/c1-5-39-23-15-21(16-24(19(23)3)40-6-2)20(4)35(14-10-13-29(32,33)22-11-8-7-9-12-22)26(38)34-27(25(36)37)17-28(30,31)18-27/h7-9,11-12,15-16,20H,5-6,10,13-14,17-18H2,1-4H3,(H,34,38)(H,36,37)/t20-/m1/s1. The van der Waals surface area contributed by atoms with Gasteiger partial charge in [-0.25, -0.2) is 27.2 Å². The maximum Gasteiger partial charge on any atom is 0.329 e. The fourth-order valence-electron chi connectivity index (χ4n) is 4.88. The molecule has 1 aliphatic carbocycles. The molecule has 40 heavy (non-hydrogen) atoms. The number of amides is 2. The minimum Gasteiger partial charge on any atom is -0.493 e. The van der Waals surface area contributed by atoms with E-state index >= 15 is 0 Å². The third kappa shape index (κ3) is 6.98. The third-order valence-electron chi connectivity index (χ3n) is 7.11. The van der Waals surface area contributed by atoms with Crippen molar-refractivity contribution in [2.24, 2.45) is 0 Å². The molecule has 2 aromatic carbocycles. The smallest absolute Gasteiger partial charge is 0.329 e. The number of halogens is 4. The summed E-state index contributed by atoms with van der Waals surface area (Å²) in [6, 6.07) is 8.98. The number of carboxylic acid groups (broad SMARTS) is 1. The van der Waals surface area contributed by atoms with Crippen molar-refractivity contribution >= 4 is 12.0 Å². The molecule has 0 spiro atoms. The van der Waals surface area contributed by atoms with Crippen LogP contribution in [0.3, 0.4) is 0 Å². The summed E-state index contributed by atoms with van der Waals surface area (Å²) in [5.74, 6) is -6.96. The van der Waals surface area contributed by atoms with Crippen LogP contribution in [0.4, 0.5) is 22.4 Å². The Balaban J connectivity index is 1.91. The molecule has 0 saturated heterocycles. The number of aliphatic carboxylic acids is 1. The van der Waals surface area contributed by atoms with E-state index in [2.05, 4.69) is 5.32 Å². The van der Waals surface area contributed by atoms with Crippen molar-refractivity contribution in [2.75, 3.05) is 19.8 Å². The SMILES string of the molecule is CCOc1cc([C@@H](C)N(CCCC(F)(F)c2ccccc2)C(=O)NC2(C(=O)O)CC(F)(F)C2)cc(OCC)c1C. The summed E-state index contributed by atoms with van der Waals surface area (Å²) in [5.41, 5.74) is -1.03. The molecule has 0 bridgehead atoms. The van der Waals surface area contributed by atoms with Gasteiger partial charge in [-0.3, -0.25) is 0 Å². The van der Waals surface area contributed by atoms with Crippen LogP contribution < -0.4 is 14.8 Å². The lowest BCUT2D eigenvalue weighted by Gasteiger charge is -2.45. The quantitative estimate of drug-likeness (QED) is 0.263. The molecule has 2 amide bonds. The Bertz CT molecular complexity index is 1160. The predicted octanol–water partition coefficient (Wildman–Crippen LogP) is 6.69. The fraction of sp³-hybridized carbons (Fsp3) is 0.517. The van der Waals surface area contributed by atoms with Crippen LogP contribution >= 0.6 is 0 Å². The van der Waals surface area contributed by atoms with E-state index in [0.717, 1.165) is 5.56 Å². The van der Waals surface area contributed by atoms with Gasteiger partial charge in [-0.15, -0.1) is 0 Å². The molecule has 0 aliphatic heterocycles. The lowest BCUT2D eigenvalue weighted by atomic mass is 9.73. The van der Waals surface area contributed by atoms with Gasteiger partial charge in [0.2, 0.25) is 0 Å². The number of ether oxygens (including phenoxy) is 2. The third-order valence-corrected chi connectivity index (χ3v) is 7.11. The normalized spacial score (nSPS) is 16.4. The van der Waals surface area contributed by atoms with Crippen LogP contribution in [-0.4, -0.2) is 53.2 Å². The second kappa shape index (κ2) is 12.3. The number of benzene rings is 2. The Morgan fingerprint density at radius 1 is 1.07 bits per heavy atom. The van der Waals surface area contributed by atoms with Crippen LogP contribution in [0.25, 0.3) is 0 Å². The van der Waals surface area contributed by atoms with E-state index in [0.29, 0.717) is 30.3 Å². The molecule has 7 nitrogen and oxygen atoms in total. The van der Waals surface area contributed by atoms with Crippen LogP contribution in [0.1, 0.15) is 69.2 Å². The lowest BCUT2D eigenvalue weighted by molar-refractivity contribution is -0.175. The van der Waals surface area contributed by atoms with Crippen molar-refractivity contribution in [3.05, 3.63) is 59.2 Å². The zero-order valence-corrected chi connectivity index (χ0v) is 23.1. The van der Waals surface area contributed by atoms with Crippen LogP contribution in [-0.2, 0) is 10.7 Å². The number of carbonyl (C=O) groups is 2. The molecule has 2 aromatic rings. The Morgan fingerprint density at radius 3 is 2.10 bits per heavy atom. The second-order valence-electron chi connectivity index (χ2n) is 10.1. The van der Waals surface area contributed by atoms with Gasteiger partial charge in [0.25, 0.3) is 11.8 Å². The predicted molar refractivity (Wildman–Crippen MR) is 141 cm³/mol. The van der Waals surface area contributed by atoms with Crippen molar-refractivity contribution in [1.29, 1.82) is 0 Å². The van der Waals surface area contributed by atoms with E-state index in [1.54, 1.807) is 25.1 Å². The Morgan fingerprint density at radius 2 is 1.62 bits per heavy atom. The lowest BCUT2D eigenvalue weighted by Crippen LogP contribution is -2.68. The van der Waals surface area contributed by atoms with E-state index in [-0.39, 0.29) is 18.5 Å². The molecule has 3 rings (SSSR count). The Kier molecular flexibility index (Phi) is 9.58. The number of nitrogens with one attached hydrogen (secondary N) is 1. The first-order chi connectivity index (χ1) is 18.7. The first-order valence-corrected chi connectivity index (χ1v) is 13.3. The van der Waals surface area contributed by atoms with Crippen molar-refractivity contribution in [3.8, 4) is 11.5 Å². The number of rotatable bonds is 13. The van der Waals surface area contributed by atoms with Gasteiger partial charge in [0.15, 0.2) is 5.54 Å². The van der Waals surface area contributed by atoms with Crippen LogP contribution in [0.2, 0.25) is 0 Å². The van der Waals surface area contributed by atoms with E-state index < -0.39 is 54.7 Å². The molecule has 1 fully saturated rings. The number of alkyl halides is 4. The molecule has 1 atom stereocenters. The summed E-state index contributed by atoms with van der Waals surface area (Å²) in [6.07, 6.45) is -2.83. The van der Waals surface area contributed by atoms with E-state index in [9.17, 15) is 32.3 Å². The zero-order valence-electron chi connectivity index (χ0n) is 23.1. The summed E-state index contributed by atoms with van der Waals surface area (Å²) in [5, 5.41) is 11.9. The van der Waals surface area contributed by atoms with Crippen LogP contribution in [0.15, 0.2) is 42.5 Å². The van der Waals surface area contributed by atoms with Gasteiger partial charge in [0.1, 0.15) is 11.5 Å². The van der Waals surface area contributed by atoms with E-state index in [4.69, 9.17) is 9.47 Å². The minimum atomic E-state index is -3.23. The molecular formula is C29H36F4N2O5. The van der Waals surface area contributed by atoms with E-state index in [1.807, 2.05) is 20.8 Å². The molecule has 2 N–H and O–H groups in total. The summed E-state index contributed by atoms with van der Waals surface area (Å²) in [4.78, 5) is 26.5. The Hall–Kier alpha value is -3.50. The van der Waals surface area contributed by atoms with Gasteiger partial charge in [0.05, 0.1) is 19.3 Å². The number of carboxylic acids is 1. The second-order valence-corrected chi connectivity index (χ2v) is 10.1. The summed E-state index contributed by atoms with van der Waals surface area (Å²) in [6.45, 7) is 7.60. The number of hydrogen-bond donors (Lipinski definition) is 2. The maximum absolute atomic E-state index is 14.9. The van der Waals surface area contributed by atoms with Gasteiger partial charge >= 0.3 is 12.0 Å². The molecule has 0 unspecified atom stereocenters. The largest absolute Gasteiger partial charge is 0.493 e. The Labute approximate surface area is 231 Å². The van der Waals surface area contributed by atoms with Gasteiger partial charge in [0, 0.05) is 36.9 Å². The first kappa shape index (κ1) is 31.0. The van der Waals surface area contributed by atoms with Gasteiger partial charge < -0.3 is 24.8 Å². The number of hydrogen-bond acceptors (Lipinski definition) is 4. The highest BCUT2D eigenvalue weighted by molar-refractivity contribution is 5.88. The number of carbonyl (C=O) groups excluding carboxylic acids is 1. The molecule has 11 heteroatoms. The molecule has 1 aliphatic rings. The number of nitrogens with zero attached hydrogens (tertiary/aromatic N) is 1. The molecule has 0 heterocycles. The minimum absolute atomic E-state index is 0.140. The van der Waals surface area contributed by atoms with Gasteiger partial charge in [-0.05, 0) is 51.8 Å². The highest BCUT2D eigenvalue weighted by Crippen LogP contribution is 2.46. The molecule has 1 saturated carbocycles. The van der Waals surface area contributed by atoms with E-state index in [1.165, 1.54) is 29.2 Å². The highest BCUT2D eigenvalue weighted by atomic mass is 19.3. The maximum atomic E-state index is 14.9. The number of urea groups is 1. The van der Waals surface area contributed by atoms with Crippen molar-refractivity contribution in [3.63, 3.8) is 0 Å². The highest BCUT2D eigenvalue weighted by Gasteiger charge is 2.62. The molecular weight excluding hydrogens is 532 g/mol. The van der Waals surface area contributed by atoms with Crippen LogP contribution in [0, 0.1) is 6.92 Å². The zero-order chi connectivity index (χ0) is 29.7. The molecule has 0 radical (unpaired) electrons. The van der Waals surface area contributed by atoms with Crippen molar-refractivity contribution in [2.45, 2.75) is 76.8 Å². The molecule has 220 valence electrons. The molecule has 0 aromatic heterocycles. The summed E-state index contributed by atoms with van der Waals surface area (Å²) < 4.78 is 68.6. The monoisotopic (exact) mass is 568 g/mol. The average Bonchev–Trinajstić information content (AvgIpc) is 2.87. The first-order valence-electron chi connectivity index (χ1n) is 13.3. The van der Waals surface area contributed by atoms with Crippen molar-refractivity contribution in [1.82, 2.24) is 10.2 Å². The van der Waals surface area contributed by atoms with Crippen LogP contribution in [0.5, 0.6) is 11.5 Å². The van der Waals surface area contributed by atoms with Gasteiger partial charge in [-0.1, -0.05) is 30.3 Å².